The highest BCUT2D eigenvalue weighted by molar-refractivity contribution is 5.99. The molecular weight excluding hydrogens is 350 g/mol. The Morgan fingerprint density at radius 2 is 1.81 bits per heavy atom. The number of hydrogen-bond acceptors (Lipinski definition) is 6. The quantitative estimate of drug-likeness (QED) is 0.724. The summed E-state index contributed by atoms with van der Waals surface area (Å²) in [5.74, 6) is 1.32. The zero-order chi connectivity index (χ0) is 19.8. The standard InChI is InChI=1S/C19H25N3O5/c1-5-6-7-22(12-18(23)20-17-8-13(2)27-21-17)19(24)14-9-15(25-3)11-16(10-14)26-4/h8-11H,5-7,12H2,1-4H3,(H,20,21,23). The van der Waals surface area contributed by atoms with Gasteiger partial charge in [-0.05, 0) is 25.5 Å². The van der Waals surface area contributed by atoms with Crippen molar-refractivity contribution in [2.24, 2.45) is 0 Å². The minimum Gasteiger partial charge on any atom is -0.497 e. The maximum atomic E-state index is 13.0. The van der Waals surface area contributed by atoms with Crippen LogP contribution in [0.1, 0.15) is 35.9 Å². The van der Waals surface area contributed by atoms with E-state index >= 15 is 0 Å². The van der Waals surface area contributed by atoms with Crippen molar-refractivity contribution in [2.45, 2.75) is 26.7 Å². The van der Waals surface area contributed by atoms with Crippen molar-refractivity contribution in [3.63, 3.8) is 0 Å². The molecule has 1 heterocycles. The Balaban J connectivity index is 2.16. The summed E-state index contributed by atoms with van der Waals surface area (Å²) in [5, 5.41) is 6.36. The SMILES string of the molecule is CCCCN(CC(=O)Nc1cc(C)on1)C(=O)c1cc(OC)cc(OC)c1. The van der Waals surface area contributed by atoms with Crippen LogP contribution in [0, 0.1) is 6.92 Å². The molecule has 0 unspecified atom stereocenters. The van der Waals surface area contributed by atoms with Crippen molar-refractivity contribution in [3.05, 3.63) is 35.6 Å². The highest BCUT2D eigenvalue weighted by Crippen LogP contribution is 2.23. The molecule has 2 rings (SSSR count). The van der Waals surface area contributed by atoms with Crippen molar-refractivity contribution >= 4 is 17.6 Å². The van der Waals surface area contributed by atoms with Gasteiger partial charge in [0.2, 0.25) is 5.91 Å². The number of carbonyl (C=O) groups is 2. The number of aryl methyl sites for hydroxylation is 1. The molecule has 2 aromatic rings. The molecule has 0 aliphatic heterocycles. The molecule has 0 saturated heterocycles. The minimum atomic E-state index is -0.345. The van der Waals surface area contributed by atoms with Crippen molar-refractivity contribution < 1.29 is 23.6 Å². The maximum Gasteiger partial charge on any atom is 0.254 e. The highest BCUT2D eigenvalue weighted by Gasteiger charge is 2.20. The fourth-order valence-electron chi connectivity index (χ4n) is 2.50. The van der Waals surface area contributed by atoms with Crippen molar-refractivity contribution in [3.8, 4) is 11.5 Å². The van der Waals surface area contributed by atoms with Gasteiger partial charge in [0, 0.05) is 24.2 Å². The number of amides is 2. The number of unbranched alkanes of at least 4 members (excludes halogenated alkanes) is 1. The number of ether oxygens (including phenoxy) is 2. The van der Waals surface area contributed by atoms with E-state index in [0.717, 1.165) is 12.8 Å². The summed E-state index contributed by atoms with van der Waals surface area (Å²) in [6.07, 6.45) is 1.68. The lowest BCUT2D eigenvalue weighted by atomic mass is 10.1. The van der Waals surface area contributed by atoms with Gasteiger partial charge in [-0.1, -0.05) is 18.5 Å². The molecule has 0 fully saturated rings. The molecule has 0 aliphatic rings. The summed E-state index contributed by atoms with van der Waals surface area (Å²) >= 11 is 0. The molecule has 2 amide bonds. The monoisotopic (exact) mass is 375 g/mol. The normalized spacial score (nSPS) is 10.4. The summed E-state index contributed by atoms with van der Waals surface area (Å²) in [6, 6.07) is 6.56. The Kier molecular flexibility index (Phi) is 7.22. The number of anilines is 1. The number of benzene rings is 1. The Morgan fingerprint density at radius 3 is 2.33 bits per heavy atom. The predicted molar refractivity (Wildman–Crippen MR) is 100 cm³/mol. The lowest BCUT2D eigenvalue weighted by molar-refractivity contribution is -0.117. The molecule has 1 aromatic carbocycles. The number of rotatable bonds is 9. The second kappa shape index (κ2) is 9.61. The zero-order valence-electron chi connectivity index (χ0n) is 16.1. The number of nitrogens with zero attached hydrogens (tertiary/aromatic N) is 2. The van der Waals surface area contributed by atoms with E-state index in [2.05, 4.69) is 10.5 Å². The highest BCUT2D eigenvalue weighted by atomic mass is 16.5. The summed E-state index contributed by atoms with van der Waals surface area (Å²) in [5.41, 5.74) is 0.396. The van der Waals surface area contributed by atoms with Gasteiger partial charge in [-0.2, -0.15) is 0 Å². The van der Waals surface area contributed by atoms with Crippen LogP contribution in [0.4, 0.5) is 5.82 Å². The molecule has 1 N–H and O–H groups in total. The summed E-state index contributed by atoms with van der Waals surface area (Å²) in [4.78, 5) is 26.8. The minimum absolute atomic E-state index is 0.0930. The van der Waals surface area contributed by atoms with Gasteiger partial charge < -0.3 is 24.2 Å². The third kappa shape index (κ3) is 5.73. The van der Waals surface area contributed by atoms with Crippen LogP contribution in [0.25, 0.3) is 0 Å². The molecule has 8 heteroatoms. The van der Waals surface area contributed by atoms with Crippen LogP contribution < -0.4 is 14.8 Å². The number of methoxy groups -OCH3 is 2. The zero-order valence-corrected chi connectivity index (χ0v) is 16.1. The molecule has 1 aromatic heterocycles. The second-order valence-corrected chi connectivity index (χ2v) is 6.05. The van der Waals surface area contributed by atoms with Crippen molar-refractivity contribution in [2.75, 3.05) is 32.6 Å². The molecule has 0 atom stereocenters. The average molecular weight is 375 g/mol. The van der Waals surface area contributed by atoms with E-state index in [1.165, 1.54) is 19.1 Å². The Morgan fingerprint density at radius 1 is 1.15 bits per heavy atom. The number of carbonyl (C=O) groups excluding carboxylic acids is 2. The van der Waals surface area contributed by atoms with E-state index in [4.69, 9.17) is 14.0 Å². The maximum absolute atomic E-state index is 13.0. The van der Waals surface area contributed by atoms with Crippen LogP contribution in [-0.2, 0) is 4.79 Å². The van der Waals surface area contributed by atoms with Crippen LogP contribution in [0.15, 0.2) is 28.8 Å². The number of nitrogens with one attached hydrogen (secondary N) is 1. The predicted octanol–water partition coefficient (Wildman–Crippen LogP) is 2.88. The van der Waals surface area contributed by atoms with Gasteiger partial charge in [-0.3, -0.25) is 9.59 Å². The molecule has 0 saturated carbocycles. The van der Waals surface area contributed by atoms with Crippen molar-refractivity contribution in [1.29, 1.82) is 0 Å². The molecular formula is C19H25N3O5. The first-order valence-electron chi connectivity index (χ1n) is 8.72. The van der Waals surface area contributed by atoms with Crippen LogP contribution in [0.2, 0.25) is 0 Å². The molecule has 0 aliphatic carbocycles. The van der Waals surface area contributed by atoms with E-state index in [1.54, 1.807) is 31.2 Å². The molecule has 27 heavy (non-hydrogen) atoms. The molecule has 0 bridgehead atoms. The first kappa shape index (κ1) is 20.3. The van der Waals surface area contributed by atoms with Crippen LogP contribution in [-0.4, -0.2) is 49.2 Å². The summed E-state index contributed by atoms with van der Waals surface area (Å²) < 4.78 is 15.4. The first-order valence-corrected chi connectivity index (χ1v) is 8.72. The van der Waals surface area contributed by atoms with E-state index in [1.807, 2.05) is 6.92 Å². The van der Waals surface area contributed by atoms with Crippen LogP contribution in [0.3, 0.4) is 0 Å². The second-order valence-electron chi connectivity index (χ2n) is 6.05. The van der Waals surface area contributed by atoms with Crippen LogP contribution in [0.5, 0.6) is 11.5 Å². The topological polar surface area (TPSA) is 93.9 Å². The lowest BCUT2D eigenvalue weighted by Crippen LogP contribution is -2.38. The van der Waals surface area contributed by atoms with Gasteiger partial charge in [0.1, 0.15) is 23.8 Å². The number of aromatic nitrogens is 1. The van der Waals surface area contributed by atoms with Gasteiger partial charge in [0.05, 0.1) is 14.2 Å². The van der Waals surface area contributed by atoms with E-state index in [-0.39, 0.29) is 18.4 Å². The van der Waals surface area contributed by atoms with Gasteiger partial charge in [0.25, 0.3) is 5.91 Å². The van der Waals surface area contributed by atoms with Gasteiger partial charge in [-0.15, -0.1) is 0 Å². The van der Waals surface area contributed by atoms with E-state index in [0.29, 0.717) is 35.2 Å². The largest absolute Gasteiger partial charge is 0.497 e. The van der Waals surface area contributed by atoms with E-state index in [9.17, 15) is 9.59 Å². The smallest absolute Gasteiger partial charge is 0.254 e. The summed E-state index contributed by atoms with van der Waals surface area (Å²) in [6.45, 7) is 4.12. The van der Waals surface area contributed by atoms with Crippen LogP contribution >= 0.6 is 0 Å². The van der Waals surface area contributed by atoms with E-state index < -0.39 is 0 Å². The summed E-state index contributed by atoms with van der Waals surface area (Å²) in [7, 11) is 3.04. The third-order valence-electron chi connectivity index (χ3n) is 3.90. The molecule has 8 nitrogen and oxygen atoms in total. The molecule has 146 valence electrons. The van der Waals surface area contributed by atoms with Gasteiger partial charge in [-0.25, -0.2) is 0 Å². The van der Waals surface area contributed by atoms with Gasteiger partial charge >= 0.3 is 0 Å². The molecule has 0 spiro atoms. The first-order chi connectivity index (χ1) is 13.0. The third-order valence-corrected chi connectivity index (χ3v) is 3.90. The Hall–Kier alpha value is -3.03. The lowest BCUT2D eigenvalue weighted by Gasteiger charge is -2.22. The van der Waals surface area contributed by atoms with Crippen molar-refractivity contribution in [1.82, 2.24) is 10.1 Å². The van der Waals surface area contributed by atoms with Gasteiger partial charge in [0.15, 0.2) is 5.82 Å². The Bertz CT molecular complexity index is 765. The number of hydrogen-bond donors (Lipinski definition) is 1. The average Bonchev–Trinajstić information content (AvgIpc) is 3.08. The fraction of sp³-hybridized carbons (Fsp3) is 0.421. The molecule has 0 radical (unpaired) electrons. The Labute approximate surface area is 158 Å². The fourth-order valence-corrected chi connectivity index (χ4v) is 2.50.